The smallest absolute Gasteiger partial charge is 0.185 e. The third-order valence-corrected chi connectivity index (χ3v) is 3.60. The van der Waals surface area contributed by atoms with Crippen LogP contribution >= 0.6 is 0 Å². The Bertz CT molecular complexity index is 842. The van der Waals surface area contributed by atoms with Crippen LogP contribution in [-0.2, 0) is 7.05 Å². The van der Waals surface area contributed by atoms with Crippen molar-refractivity contribution in [3.05, 3.63) is 53.5 Å². The van der Waals surface area contributed by atoms with Crippen LogP contribution < -0.4 is 5.32 Å². The largest absolute Gasteiger partial charge is 0.378 e. The Morgan fingerprint density at radius 1 is 1.27 bits per heavy atom. The number of aromatic nitrogens is 3. The zero-order valence-electron chi connectivity index (χ0n) is 12.6. The quantitative estimate of drug-likeness (QED) is 0.801. The van der Waals surface area contributed by atoms with E-state index in [0.717, 1.165) is 17.3 Å². The third-order valence-electron chi connectivity index (χ3n) is 3.60. The van der Waals surface area contributed by atoms with Gasteiger partial charge in [0.15, 0.2) is 11.6 Å². The van der Waals surface area contributed by atoms with Crippen molar-refractivity contribution >= 4 is 16.6 Å². The van der Waals surface area contributed by atoms with Gasteiger partial charge in [0.05, 0.1) is 12.2 Å². The van der Waals surface area contributed by atoms with E-state index in [4.69, 9.17) is 0 Å². The van der Waals surface area contributed by atoms with E-state index in [0.29, 0.717) is 11.1 Å². The lowest BCUT2D eigenvalue weighted by Gasteiger charge is -2.16. The number of nitrogens with zero attached hydrogens (tertiary/aromatic N) is 3. The maximum Gasteiger partial charge on any atom is 0.185 e. The summed E-state index contributed by atoms with van der Waals surface area (Å²) in [7, 11) is 1.85. The average molecular weight is 302 g/mol. The Morgan fingerprint density at radius 2 is 2.05 bits per heavy atom. The van der Waals surface area contributed by atoms with Crippen molar-refractivity contribution in [1.29, 1.82) is 0 Å². The predicted molar refractivity (Wildman–Crippen MR) is 81.6 cm³/mol. The molecule has 0 saturated carbocycles. The van der Waals surface area contributed by atoms with Gasteiger partial charge < -0.3 is 5.32 Å². The van der Waals surface area contributed by atoms with Crippen LogP contribution in [0.4, 0.5) is 14.5 Å². The summed E-state index contributed by atoms with van der Waals surface area (Å²) in [4.78, 5) is 4.11. The summed E-state index contributed by atoms with van der Waals surface area (Å²) in [6.45, 7) is 3.74. The normalized spacial score (nSPS) is 12.6. The van der Waals surface area contributed by atoms with Gasteiger partial charge in [-0.25, -0.2) is 13.8 Å². The van der Waals surface area contributed by atoms with E-state index in [-0.39, 0.29) is 11.6 Å². The van der Waals surface area contributed by atoms with E-state index in [9.17, 15) is 8.78 Å². The van der Waals surface area contributed by atoms with E-state index < -0.39 is 11.6 Å². The molecule has 0 fully saturated rings. The second-order valence-corrected chi connectivity index (χ2v) is 5.38. The zero-order chi connectivity index (χ0) is 15.9. The highest BCUT2D eigenvalue weighted by molar-refractivity contribution is 5.92. The summed E-state index contributed by atoms with van der Waals surface area (Å²) in [5.41, 5.74) is 2.39. The molecule has 6 heteroatoms. The number of pyridine rings is 1. The molecule has 22 heavy (non-hydrogen) atoms. The highest BCUT2D eigenvalue weighted by Crippen LogP contribution is 2.29. The van der Waals surface area contributed by atoms with E-state index >= 15 is 0 Å². The van der Waals surface area contributed by atoms with Crippen LogP contribution in [0.2, 0.25) is 0 Å². The summed E-state index contributed by atoms with van der Waals surface area (Å²) < 4.78 is 29.1. The van der Waals surface area contributed by atoms with Crippen LogP contribution in [0, 0.1) is 18.6 Å². The third kappa shape index (κ3) is 2.52. The lowest BCUT2D eigenvalue weighted by molar-refractivity contribution is 0.515. The summed E-state index contributed by atoms with van der Waals surface area (Å²) in [6, 6.07) is 4.46. The average Bonchev–Trinajstić information content (AvgIpc) is 2.90. The number of fused-ring (bicyclic) bond motifs is 1. The summed E-state index contributed by atoms with van der Waals surface area (Å²) in [5.74, 6) is -1.81. The van der Waals surface area contributed by atoms with Gasteiger partial charge in [-0.2, -0.15) is 5.10 Å². The summed E-state index contributed by atoms with van der Waals surface area (Å²) >= 11 is 0. The van der Waals surface area contributed by atoms with Crippen LogP contribution in [0.15, 0.2) is 30.6 Å². The molecule has 0 aliphatic rings. The molecule has 0 bridgehead atoms. The molecular weight excluding hydrogens is 286 g/mol. The minimum absolute atomic E-state index is 0.0215. The number of nitrogens with one attached hydrogen (secondary N) is 1. The molecule has 1 unspecified atom stereocenters. The molecule has 1 N–H and O–H groups in total. The molecule has 0 spiro atoms. The van der Waals surface area contributed by atoms with Crippen LogP contribution in [0.25, 0.3) is 10.9 Å². The topological polar surface area (TPSA) is 42.7 Å². The number of rotatable bonds is 3. The van der Waals surface area contributed by atoms with E-state index in [2.05, 4.69) is 15.4 Å². The molecule has 2 aromatic heterocycles. The van der Waals surface area contributed by atoms with Gasteiger partial charge in [-0.1, -0.05) is 0 Å². The molecule has 0 saturated heterocycles. The second kappa shape index (κ2) is 5.36. The fraction of sp³-hybridized carbons (Fsp3) is 0.250. The van der Waals surface area contributed by atoms with Gasteiger partial charge in [0.1, 0.15) is 5.52 Å². The molecule has 4 nitrogen and oxygen atoms in total. The first-order valence-electron chi connectivity index (χ1n) is 6.96. The van der Waals surface area contributed by atoms with Crippen molar-refractivity contribution in [3.8, 4) is 0 Å². The fourth-order valence-electron chi connectivity index (χ4n) is 2.46. The summed E-state index contributed by atoms with van der Waals surface area (Å²) in [5, 5.41) is 8.01. The predicted octanol–water partition coefficient (Wildman–Crippen LogP) is 3.73. The molecule has 0 amide bonds. The van der Waals surface area contributed by atoms with Gasteiger partial charge in [-0.05, 0) is 32.0 Å². The van der Waals surface area contributed by atoms with Gasteiger partial charge in [0.2, 0.25) is 0 Å². The monoisotopic (exact) mass is 302 g/mol. The lowest BCUT2D eigenvalue weighted by atomic mass is 10.1. The van der Waals surface area contributed by atoms with Crippen LogP contribution in [0.1, 0.15) is 24.2 Å². The first-order chi connectivity index (χ1) is 10.5. The van der Waals surface area contributed by atoms with Gasteiger partial charge in [-0.3, -0.25) is 4.68 Å². The molecule has 2 heterocycles. The molecule has 1 atom stereocenters. The summed E-state index contributed by atoms with van der Waals surface area (Å²) in [6.07, 6.45) is 3.68. The maximum atomic E-state index is 13.9. The number of aryl methyl sites for hydroxylation is 2. The number of hydrogen-bond donors (Lipinski definition) is 1. The Labute approximate surface area is 126 Å². The van der Waals surface area contributed by atoms with E-state index in [1.165, 1.54) is 0 Å². The standard InChI is InChI=1S/C16H16F2N4/c1-9-6-14(21-10(2)11-7-19-22(3)8-11)12-4-5-13(17)15(18)16(12)20-9/h4-8,10H,1-3H3,(H,20,21). The van der Waals surface area contributed by atoms with Crippen molar-refractivity contribution in [2.24, 2.45) is 7.05 Å². The van der Waals surface area contributed by atoms with Crippen LogP contribution in [0.3, 0.4) is 0 Å². The molecule has 0 aliphatic heterocycles. The molecular formula is C16H16F2N4. The molecule has 114 valence electrons. The lowest BCUT2D eigenvalue weighted by Crippen LogP contribution is -2.07. The van der Waals surface area contributed by atoms with Crippen molar-refractivity contribution in [3.63, 3.8) is 0 Å². The Hall–Kier alpha value is -2.50. The fourth-order valence-corrected chi connectivity index (χ4v) is 2.46. The van der Waals surface area contributed by atoms with E-state index in [1.54, 1.807) is 23.9 Å². The first-order valence-corrected chi connectivity index (χ1v) is 6.96. The van der Waals surface area contributed by atoms with Gasteiger partial charge in [-0.15, -0.1) is 0 Å². The number of benzene rings is 1. The number of halogens is 2. The zero-order valence-corrected chi connectivity index (χ0v) is 12.6. The first kappa shape index (κ1) is 14.4. The molecule has 3 rings (SSSR count). The van der Waals surface area contributed by atoms with Gasteiger partial charge >= 0.3 is 0 Å². The van der Waals surface area contributed by atoms with Crippen molar-refractivity contribution in [1.82, 2.24) is 14.8 Å². The highest BCUT2D eigenvalue weighted by Gasteiger charge is 2.14. The van der Waals surface area contributed by atoms with Crippen LogP contribution in [-0.4, -0.2) is 14.8 Å². The minimum atomic E-state index is -0.918. The SMILES string of the molecule is Cc1cc(NC(C)c2cnn(C)c2)c2ccc(F)c(F)c2n1. The highest BCUT2D eigenvalue weighted by atomic mass is 19.2. The van der Waals surface area contributed by atoms with Crippen molar-refractivity contribution in [2.45, 2.75) is 19.9 Å². The molecule has 3 aromatic rings. The Morgan fingerprint density at radius 3 is 2.73 bits per heavy atom. The minimum Gasteiger partial charge on any atom is -0.378 e. The number of hydrogen-bond acceptors (Lipinski definition) is 3. The van der Waals surface area contributed by atoms with E-state index in [1.807, 2.05) is 26.2 Å². The van der Waals surface area contributed by atoms with Gasteiger partial charge in [0, 0.05) is 35.6 Å². The van der Waals surface area contributed by atoms with Crippen molar-refractivity contribution in [2.75, 3.05) is 5.32 Å². The maximum absolute atomic E-state index is 13.9. The van der Waals surface area contributed by atoms with Crippen molar-refractivity contribution < 1.29 is 8.78 Å². The molecule has 0 aliphatic carbocycles. The molecule has 1 aromatic carbocycles. The van der Waals surface area contributed by atoms with Crippen LogP contribution in [0.5, 0.6) is 0 Å². The number of anilines is 1. The second-order valence-electron chi connectivity index (χ2n) is 5.38. The Balaban J connectivity index is 2.05. The van der Waals surface area contributed by atoms with Gasteiger partial charge in [0.25, 0.3) is 0 Å². The Kier molecular flexibility index (Phi) is 3.52. The molecule has 0 radical (unpaired) electrons.